The van der Waals surface area contributed by atoms with Gasteiger partial charge in [-0.3, -0.25) is 9.59 Å². The number of carbonyl (C=O) groups excluding carboxylic acids is 2. The smallest absolute Gasteiger partial charge is 0.255 e. The number of carbonyl (C=O) groups is 2. The molecular weight excluding hydrogens is 246 g/mol. The van der Waals surface area contributed by atoms with Gasteiger partial charge >= 0.3 is 0 Å². The first-order valence-electron chi connectivity index (χ1n) is 6.13. The first-order valence-corrected chi connectivity index (χ1v) is 6.13. The SMILES string of the molecule is CCNCCC(=O)Nc1cccc(OCC(N)=O)c1. The molecule has 6 nitrogen and oxygen atoms in total. The van der Waals surface area contributed by atoms with Crippen LogP contribution in [0, 0.1) is 0 Å². The van der Waals surface area contributed by atoms with E-state index in [1.54, 1.807) is 24.3 Å². The minimum atomic E-state index is -0.542. The quantitative estimate of drug-likeness (QED) is 0.596. The van der Waals surface area contributed by atoms with Crippen LogP contribution in [-0.4, -0.2) is 31.5 Å². The van der Waals surface area contributed by atoms with Crippen molar-refractivity contribution >= 4 is 17.5 Å². The van der Waals surface area contributed by atoms with Gasteiger partial charge < -0.3 is 21.1 Å². The second kappa shape index (κ2) is 8.10. The van der Waals surface area contributed by atoms with Crippen LogP contribution in [-0.2, 0) is 9.59 Å². The van der Waals surface area contributed by atoms with Crippen LogP contribution in [0.5, 0.6) is 5.75 Å². The van der Waals surface area contributed by atoms with Crippen molar-refractivity contribution in [2.45, 2.75) is 13.3 Å². The van der Waals surface area contributed by atoms with E-state index in [1.807, 2.05) is 6.92 Å². The molecule has 0 aliphatic rings. The summed E-state index contributed by atoms with van der Waals surface area (Å²) in [5.41, 5.74) is 5.61. The Bertz CT molecular complexity index is 435. The van der Waals surface area contributed by atoms with Gasteiger partial charge in [-0.2, -0.15) is 0 Å². The molecule has 0 saturated heterocycles. The Kier molecular flexibility index (Phi) is 6.38. The van der Waals surface area contributed by atoms with Crippen molar-refractivity contribution in [2.24, 2.45) is 5.73 Å². The highest BCUT2D eigenvalue weighted by atomic mass is 16.5. The lowest BCUT2D eigenvalue weighted by Gasteiger charge is -2.08. The fourth-order valence-corrected chi connectivity index (χ4v) is 1.42. The molecule has 0 radical (unpaired) electrons. The Balaban J connectivity index is 2.47. The minimum Gasteiger partial charge on any atom is -0.484 e. The van der Waals surface area contributed by atoms with Gasteiger partial charge in [-0.05, 0) is 18.7 Å². The summed E-state index contributed by atoms with van der Waals surface area (Å²) in [5.74, 6) is -0.128. The molecule has 1 aromatic carbocycles. The van der Waals surface area contributed by atoms with Crippen LogP contribution in [0.4, 0.5) is 5.69 Å². The monoisotopic (exact) mass is 265 g/mol. The zero-order valence-corrected chi connectivity index (χ0v) is 10.9. The zero-order valence-electron chi connectivity index (χ0n) is 10.9. The Labute approximate surface area is 112 Å². The molecule has 6 heteroatoms. The molecule has 0 unspecified atom stereocenters. The third-order valence-electron chi connectivity index (χ3n) is 2.28. The zero-order chi connectivity index (χ0) is 14.1. The lowest BCUT2D eigenvalue weighted by Crippen LogP contribution is -2.21. The molecule has 1 aromatic rings. The molecule has 0 saturated carbocycles. The summed E-state index contributed by atoms with van der Waals surface area (Å²) in [6.07, 6.45) is 0.403. The normalized spacial score (nSPS) is 9.95. The second-order valence-corrected chi connectivity index (χ2v) is 3.93. The van der Waals surface area contributed by atoms with E-state index >= 15 is 0 Å². The third kappa shape index (κ3) is 6.42. The van der Waals surface area contributed by atoms with E-state index in [2.05, 4.69) is 10.6 Å². The van der Waals surface area contributed by atoms with Crippen molar-refractivity contribution in [1.82, 2.24) is 5.32 Å². The Hall–Kier alpha value is -2.08. The van der Waals surface area contributed by atoms with Crippen LogP contribution in [0.25, 0.3) is 0 Å². The van der Waals surface area contributed by atoms with Crippen LogP contribution in [0.1, 0.15) is 13.3 Å². The van der Waals surface area contributed by atoms with Gasteiger partial charge in [0.05, 0.1) is 0 Å². The number of nitrogens with one attached hydrogen (secondary N) is 2. The summed E-state index contributed by atoms with van der Waals surface area (Å²) in [4.78, 5) is 22.2. The number of primary amides is 1. The summed E-state index contributed by atoms with van der Waals surface area (Å²) in [6, 6.07) is 6.82. The van der Waals surface area contributed by atoms with Crippen LogP contribution >= 0.6 is 0 Å². The fraction of sp³-hybridized carbons (Fsp3) is 0.385. The molecule has 4 N–H and O–H groups in total. The van der Waals surface area contributed by atoms with Crippen LogP contribution in [0.15, 0.2) is 24.3 Å². The van der Waals surface area contributed by atoms with Gasteiger partial charge in [0, 0.05) is 24.7 Å². The largest absolute Gasteiger partial charge is 0.484 e. The summed E-state index contributed by atoms with van der Waals surface area (Å²) in [6.45, 7) is 3.28. The number of rotatable bonds is 8. The molecule has 1 rings (SSSR count). The Morgan fingerprint density at radius 2 is 2.16 bits per heavy atom. The highest BCUT2D eigenvalue weighted by molar-refractivity contribution is 5.91. The molecule has 0 heterocycles. The molecule has 0 atom stereocenters. The van der Waals surface area contributed by atoms with E-state index in [0.717, 1.165) is 6.54 Å². The molecule has 0 bridgehead atoms. The van der Waals surface area contributed by atoms with Crippen LogP contribution in [0.3, 0.4) is 0 Å². The van der Waals surface area contributed by atoms with E-state index in [-0.39, 0.29) is 12.5 Å². The van der Waals surface area contributed by atoms with E-state index in [1.165, 1.54) is 0 Å². The van der Waals surface area contributed by atoms with Gasteiger partial charge in [-0.15, -0.1) is 0 Å². The summed E-state index contributed by atoms with van der Waals surface area (Å²) < 4.78 is 5.15. The first-order chi connectivity index (χ1) is 9.11. The van der Waals surface area contributed by atoms with Crippen LogP contribution < -0.4 is 21.1 Å². The highest BCUT2D eigenvalue weighted by Crippen LogP contribution is 2.17. The predicted molar refractivity (Wildman–Crippen MR) is 72.9 cm³/mol. The summed E-state index contributed by atoms with van der Waals surface area (Å²) in [5, 5.41) is 5.83. The highest BCUT2D eigenvalue weighted by Gasteiger charge is 2.03. The molecule has 19 heavy (non-hydrogen) atoms. The van der Waals surface area contributed by atoms with Gasteiger partial charge in [-0.1, -0.05) is 13.0 Å². The maximum atomic E-state index is 11.6. The van der Waals surface area contributed by atoms with Gasteiger partial charge in [0.1, 0.15) is 5.75 Å². The topological polar surface area (TPSA) is 93.4 Å². The lowest BCUT2D eigenvalue weighted by atomic mass is 10.3. The van der Waals surface area contributed by atoms with E-state index in [4.69, 9.17) is 10.5 Å². The number of hydrogen-bond acceptors (Lipinski definition) is 4. The number of anilines is 1. The molecule has 0 aliphatic heterocycles. The number of benzene rings is 1. The van der Waals surface area contributed by atoms with Crippen molar-refractivity contribution in [3.63, 3.8) is 0 Å². The van der Waals surface area contributed by atoms with E-state index < -0.39 is 5.91 Å². The molecule has 0 aliphatic carbocycles. The molecule has 104 valence electrons. The van der Waals surface area contributed by atoms with E-state index in [9.17, 15) is 9.59 Å². The molecule has 0 fully saturated rings. The van der Waals surface area contributed by atoms with Gasteiger partial charge in [0.15, 0.2) is 6.61 Å². The number of ether oxygens (including phenoxy) is 1. The molecular formula is C13H19N3O3. The average molecular weight is 265 g/mol. The summed E-state index contributed by atoms with van der Waals surface area (Å²) >= 11 is 0. The first kappa shape index (κ1) is 15.0. The van der Waals surface area contributed by atoms with Gasteiger partial charge in [-0.25, -0.2) is 0 Å². The second-order valence-electron chi connectivity index (χ2n) is 3.93. The standard InChI is InChI=1S/C13H19N3O3/c1-2-15-7-6-13(18)16-10-4-3-5-11(8-10)19-9-12(14)17/h3-5,8,15H,2,6-7,9H2,1H3,(H2,14,17)(H,16,18). The van der Waals surface area contributed by atoms with Crippen molar-refractivity contribution in [1.29, 1.82) is 0 Å². The van der Waals surface area contributed by atoms with Crippen molar-refractivity contribution in [3.05, 3.63) is 24.3 Å². The number of amides is 2. The minimum absolute atomic E-state index is 0.0759. The van der Waals surface area contributed by atoms with Gasteiger partial charge in [0.2, 0.25) is 5.91 Å². The molecule has 0 aromatic heterocycles. The molecule has 0 spiro atoms. The maximum Gasteiger partial charge on any atom is 0.255 e. The maximum absolute atomic E-state index is 11.6. The third-order valence-corrected chi connectivity index (χ3v) is 2.28. The summed E-state index contributed by atoms with van der Waals surface area (Å²) in [7, 11) is 0. The van der Waals surface area contributed by atoms with Crippen molar-refractivity contribution in [2.75, 3.05) is 25.0 Å². The van der Waals surface area contributed by atoms with Crippen molar-refractivity contribution in [3.8, 4) is 5.75 Å². The number of nitrogens with two attached hydrogens (primary N) is 1. The Morgan fingerprint density at radius 3 is 2.84 bits per heavy atom. The van der Waals surface area contributed by atoms with Crippen molar-refractivity contribution < 1.29 is 14.3 Å². The average Bonchev–Trinajstić information content (AvgIpc) is 2.37. The fourth-order valence-electron chi connectivity index (χ4n) is 1.42. The van der Waals surface area contributed by atoms with Gasteiger partial charge in [0.25, 0.3) is 5.91 Å². The Morgan fingerprint density at radius 1 is 1.37 bits per heavy atom. The molecule has 2 amide bonds. The van der Waals surface area contributed by atoms with E-state index in [0.29, 0.717) is 24.4 Å². The predicted octanol–water partition coefficient (Wildman–Crippen LogP) is 0.489. The lowest BCUT2D eigenvalue weighted by molar-refractivity contribution is -0.120. The van der Waals surface area contributed by atoms with Crippen LogP contribution in [0.2, 0.25) is 0 Å². The number of hydrogen-bond donors (Lipinski definition) is 3.